The molecule has 88 valence electrons. The molecule has 2 unspecified atom stereocenters. The Bertz CT molecular complexity index is 491. The van der Waals surface area contributed by atoms with E-state index in [1.165, 1.54) is 0 Å². The smallest absolute Gasteiger partial charge is 0.195 e. The van der Waals surface area contributed by atoms with Gasteiger partial charge in [0.15, 0.2) is 5.79 Å². The van der Waals surface area contributed by atoms with E-state index in [1.807, 2.05) is 18.2 Å². The molecule has 0 radical (unpaired) electrons. The average molecular weight is 229 g/mol. The Kier molecular flexibility index (Phi) is 2.43. The molecule has 17 heavy (non-hydrogen) atoms. The maximum Gasteiger partial charge on any atom is 0.195 e. The van der Waals surface area contributed by atoms with Crippen LogP contribution >= 0.6 is 0 Å². The van der Waals surface area contributed by atoms with Crippen LogP contribution in [0.3, 0.4) is 0 Å². The molecule has 2 aliphatic heterocycles. The zero-order valence-corrected chi connectivity index (χ0v) is 9.90. The Balaban J connectivity index is 2.01. The number of nitrogens with zero attached hydrogens (tertiary/aromatic N) is 1. The van der Waals surface area contributed by atoms with Gasteiger partial charge in [0.05, 0.1) is 24.3 Å². The third kappa shape index (κ3) is 1.65. The van der Waals surface area contributed by atoms with Crippen LogP contribution in [0, 0.1) is 11.3 Å². The quantitative estimate of drug-likeness (QED) is 0.687. The number of ether oxygens (including phenoxy) is 2. The van der Waals surface area contributed by atoms with E-state index in [9.17, 15) is 0 Å². The van der Waals surface area contributed by atoms with Gasteiger partial charge in [-0.15, -0.1) is 0 Å². The first-order chi connectivity index (χ1) is 8.23. The van der Waals surface area contributed by atoms with E-state index < -0.39 is 5.79 Å². The Hall–Kier alpha value is -1.37. The van der Waals surface area contributed by atoms with Gasteiger partial charge in [-0.1, -0.05) is 6.07 Å². The summed E-state index contributed by atoms with van der Waals surface area (Å²) in [5, 5.41) is 8.89. The van der Waals surface area contributed by atoms with Crippen molar-refractivity contribution in [1.82, 2.24) is 0 Å². The van der Waals surface area contributed by atoms with E-state index >= 15 is 0 Å². The topological polar surface area (TPSA) is 42.2 Å². The molecule has 0 aromatic heterocycles. The lowest BCUT2D eigenvalue weighted by atomic mass is 9.93. The van der Waals surface area contributed by atoms with Crippen LogP contribution in [0.4, 0.5) is 0 Å². The van der Waals surface area contributed by atoms with Gasteiger partial charge in [0, 0.05) is 12.0 Å². The Morgan fingerprint density at radius 1 is 1.47 bits per heavy atom. The van der Waals surface area contributed by atoms with Crippen molar-refractivity contribution in [2.24, 2.45) is 0 Å². The van der Waals surface area contributed by atoms with Gasteiger partial charge in [0.2, 0.25) is 0 Å². The fourth-order valence-corrected chi connectivity index (χ4v) is 2.80. The van der Waals surface area contributed by atoms with Crippen molar-refractivity contribution in [3.05, 3.63) is 34.9 Å². The summed E-state index contributed by atoms with van der Waals surface area (Å²) in [4.78, 5) is 0. The molecule has 1 aromatic rings. The van der Waals surface area contributed by atoms with Gasteiger partial charge in [0.1, 0.15) is 0 Å². The first-order valence-electron chi connectivity index (χ1n) is 6.09. The minimum Gasteiger partial charge on any atom is -0.343 e. The van der Waals surface area contributed by atoms with Crippen molar-refractivity contribution in [2.45, 2.75) is 44.7 Å². The third-order valence-electron chi connectivity index (χ3n) is 3.61. The highest BCUT2D eigenvalue weighted by molar-refractivity contribution is 5.42. The second kappa shape index (κ2) is 3.83. The summed E-state index contributed by atoms with van der Waals surface area (Å²) in [6, 6.07) is 7.90. The molecule has 1 spiro atoms. The van der Waals surface area contributed by atoms with Crippen LogP contribution in [-0.4, -0.2) is 6.10 Å². The highest BCUT2D eigenvalue weighted by Crippen LogP contribution is 2.45. The molecule has 3 nitrogen and oxygen atoms in total. The van der Waals surface area contributed by atoms with Crippen molar-refractivity contribution in [1.29, 1.82) is 5.26 Å². The van der Waals surface area contributed by atoms with Gasteiger partial charge in [-0.05, 0) is 37.5 Å². The minimum absolute atomic E-state index is 0.241. The molecule has 2 atom stereocenters. The van der Waals surface area contributed by atoms with Crippen LogP contribution in [0.25, 0.3) is 0 Å². The van der Waals surface area contributed by atoms with Crippen LogP contribution in [0.2, 0.25) is 0 Å². The number of hydrogen-bond acceptors (Lipinski definition) is 3. The zero-order valence-electron chi connectivity index (χ0n) is 9.90. The third-order valence-corrected chi connectivity index (χ3v) is 3.61. The average Bonchev–Trinajstić information content (AvgIpc) is 2.67. The number of rotatable bonds is 0. The Labute approximate surface area is 101 Å². The van der Waals surface area contributed by atoms with Gasteiger partial charge in [-0.25, -0.2) is 0 Å². The van der Waals surface area contributed by atoms with Crippen LogP contribution in [0.15, 0.2) is 18.2 Å². The fraction of sp³-hybridized carbons (Fsp3) is 0.500. The van der Waals surface area contributed by atoms with Gasteiger partial charge in [-0.3, -0.25) is 0 Å². The van der Waals surface area contributed by atoms with Crippen LogP contribution in [-0.2, 0) is 21.9 Å². The van der Waals surface area contributed by atoms with Crippen molar-refractivity contribution >= 4 is 0 Å². The summed E-state index contributed by atoms with van der Waals surface area (Å²) in [7, 11) is 0. The van der Waals surface area contributed by atoms with Crippen molar-refractivity contribution < 1.29 is 9.47 Å². The summed E-state index contributed by atoms with van der Waals surface area (Å²) < 4.78 is 11.9. The molecule has 1 aromatic carbocycles. The van der Waals surface area contributed by atoms with E-state index in [-0.39, 0.29) is 6.10 Å². The summed E-state index contributed by atoms with van der Waals surface area (Å²) in [5.74, 6) is -0.541. The molecule has 0 saturated carbocycles. The van der Waals surface area contributed by atoms with Gasteiger partial charge in [-0.2, -0.15) is 5.26 Å². The summed E-state index contributed by atoms with van der Waals surface area (Å²) >= 11 is 0. The Morgan fingerprint density at radius 2 is 2.35 bits per heavy atom. The highest BCUT2D eigenvalue weighted by atomic mass is 16.7. The number of benzene rings is 1. The molecule has 1 saturated heterocycles. The second-order valence-corrected chi connectivity index (χ2v) is 4.85. The van der Waals surface area contributed by atoms with Crippen LogP contribution < -0.4 is 0 Å². The molecule has 2 heterocycles. The Morgan fingerprint density at radius 3 is 3.12 bits per heavy atom. The maximum atomic E-state index is 8.89. The van der Waals surface area contributed by atoms with Crippen LogP contribution in [0.1, 0.15) is 42.9 Å². The molecule has 0 bridgehead atoms. The van der Waals surface area contributed by atoms with Crippen molar-refractivity contribution in [3.8, 4) is 6.07 Å². The molecular weight excluding hydrogens is 214 g/mol. The predicted octanol–water partition coefficient (Wildman–Crippen LogP) is 2.83. The first kappa shape index (κ1) is 10.8. The molecule has 0 N–H and O–H groups in total. The zero-order chi connectivity index (χ0) is 11.9. The predicted molar refractivity (Wildman–Crippen MR) is 62.0 cm³/mol. The molecule has 0 amide bonds. The number of fused-ring (bicyclic) bond motifs is 2. The van der Waals surface area contributed by atoms with Gasteiger partial charge in [0.25, 0.3) is 0 Å². The van der Waals surface area contributed by atoms with E-state index in [0.717, 1.165) is 30.4 Å². The summed E-state index contributed by atoms with van der Waals surface area (Å²) in [5.41, 5.74) is 2.90. The van der Waals surface area contributed by atoms with E-state index in [2.05, 4.69) is 13.0 Å². The lowest BCUT2D eigenvalue weighted by Gasteiger charge is -2.37. The molecular formula is C14H15NO2. The SMILES string of the molecule is CC1CCCC2(OCc3cc(C#N)ccc32)O1. The largest absolute Gasteiger partial charge is 0.343 e. The normalized spacial score (nSPS) is 31.2. The van der Waals surface area contributed by atoms with Gasteiger partial charge >= 0.3 is 0 Å². The second-order valence-electron chi connectivity index (χ2n) is 4.85. The standard InChI is InChI=1S/C14H15NO2/c1-10-3-2-6-14(17-10)13-5-4-11(8-15)7-12(13)9-16-14/h4-5,7,10H,2-3,6,9H2,1H3. The van der Waals surface area contributed by atoms with E-state index in [0.29, 0.717) is 12.2 Å². The molecule has 3 heteroatoms. The minimum atomic E-state index is -0.541. The summed E-state index contributed by atoms with van der Waals surface area (Å²) in [6.07, 6.45) is 3.37. The number of nitriles is 1. The number of hydrogen-bond donors (Lipinski definition) is 0. The molecule has 1 fully saturated rings. The van der Waals surface area contributed by atoms with Crippen molar-refractivity contribution in [3.63, 3.8) is 0 Å². The van der Waals surface area contributed by atoms with Gasteiger partial charge < -0.3 is 9.47 Å². The van der Waals surface area contributed by atoms with Crippen molar-refractivity contribution in [2.75, 3.05) is 0 Å². The fourth-order valence-electron chi connectivity index (χ4n) is 2.80. The van der Waals surface area contributed by atoms with E-state index in [4.69, 9.17) is 14.7 Å². The molecule has 0 aliphatic carbocycles. The molecule has 2 aliphatic rings. The highest BCUT2D eigenvalue weighted by Gasteiger charge is 2.44. The lowest BCUT2D eigenvalue weighted by Crippen LogP contribution is -2.36. The van der Waals surface area contributed by atoms with Crippen LogP contribution in [0.5, 0.6) is 0 Å². The monoisotopic (exact) mass is 229 g/mol. The molecule has 3 rings (SSSR count). The summed E-state index contributed by atoms with van der Waals surface area (Å²) in [6.45, 7) is 2.64. The lowest BCUT2D eigenvalue weighted by molar-refractivity contribution is -0.279. The maximum absolute atomic E-state index is 8.89. The van der Waals surface area contributed by atoms with E-state index in [1.54, 1.807) is 0 Å². The first-order valence-corrected chi connectivity index (χ1v) is 6.09.